The lowest BCUT2D eigenvalue weighted by Crippen LogP contribution is -2.66. The maximum atomic E-state index is 13.2. The Labute approximate surface area is 277 Å². The summed E-state index contributed by atoms with van der Waals surface area (Å²) < 4.78 is 6.14. The van der Waals surface area contributed by atoms with Gasteiger partial charge in [-0.3, -0.25) is 4.79 Å². The van der Waals surface area contributed by atoms with Crippen molar-refractivity contribution in [2.24, 2.45) is 56.7 Å². The van der Waals surface area contributed by atoms with E-state index in [4.69, 9.17) is 4.74 Å². The Balaban J connectivity index is 1.24. The van der Waals surface area contributed by atoms with Gasteiger partial charge in [-0.15, -0.1) is 0 Å². The summed E-state index contributed by atoms with van der Waals surface area (Å²) in [4.78, 5) is 28.0. The molecule has 1 aliphatic heterocycles. The number of thioether (sulfide) groups is 1. The van der Waals surface area contributed by atoms with E-state index in [9.17, 15) is 14.7 Å². The lowest BCUT2D eigenvalue weighted by molar-refractivity contribution is -0.249. The summed E-state index contributed by atoms with van der Waals surface area (Å²) in [6, 6.07) is 0. The van der Waals surface area contributed by atoms with Gasteiger partial charge in [0.15, 0.2) is 0 Å². The lowest BCUT2D eigenvalue weighted by atomic mass is 9.32. The molecule has 1 saturated heterocycles. The average molecular weight is 640 g/mol. The molecule has 6 aliphatic rings. The highest BCUT2D eigenvalue weighted by atomic mass is 32.2. The minimum atomic E-state index is -0.364. The fourth-order valence-electron chi connectivity index (χ4n) is 13.0. The first kappa shape index (κ1) is 33.6. The van der Waals surface area contributed by atoms with Crippen molar-refractivity contribution in [1.82, 2.24) is 4.90 Å². The summed E-state index contributed by atoms with van der Waals surface area (Å²) in [5.41, 5.74) is 2.50. The number of allylic oxidation sites excluding steroid dienone is 1. The van der Waals surface area contributed by atoms with Crippen LogP contribution in [0.15, 0.2) is 23.8 Å². The summed E-state index contributed by atoms with van der Waals surface area (Å²) >= 11 is 1.87. The van der Waals surface area contributed by atoms with Crippen molar-refractivity contribution in [1.29, 1.82) is 0 Å². The number of aliphatic hydroxyl groups is 1. The number of esters is 1. The minimum absolute atomic E-state index is 0.0134. The number of hydrogen-bond donors (Lipinski definition) is 1. The molecular formula is C39H61NO4S. The Morgan fingerprint density at radius 3 is 2.29 bits per heavy atom. The van der Waals surface area contributed by atoms with Gasteiger partial charge in [0.05, 0.1) is 12.7 Å². The number of amides is 1. The molecule has 5 nitrogen and oxygen atoms in total. The molecule has 0 unspecified atom stereocenters. The van der Waals surface area contributed by atoms with Crippen molar-refractivity contribution in [2.75, 3.05) is 31.2 Å². The number of carbonyl (C=O) groups excluding carboxylic acids is 2. The van der Waals surface area contributed by atoms with E-state index in [1.165, 1.54) is 43.8 Å². The van der Waals surface area contributed by atoms with E-state index in [1.54, 1.807) is 6.92 Å². The van der Waals surface area contributed by atoms with Crippen LogP contribution in [0.25, 0.3) is 0 Å². The van der Waals surface area contributed by atoms with Gasteiger partial charge in [0.2, 0.25) is 5.91 Å². The zero-order chi connectivity index (χ0) is 32.6. The predicted molar refractivity (Wildman–Crippen MR) is 184 cm³/mol. The van der Waals surface area contributed by atoms with Gasteiger partial charge >= 0.3 is 5.97 Å². The molecule has 6 rings (SSSR count). The Kier molecular flexibility index (Phi) is 8.75. The molecule has 6 fully saturated rings. The Bertz CT molecular complexity index is 1240. The molecular weight excluding hydrogens is 578 g/mol. The number of ether oxygens (including phenoxy) is 1. The van der Waals surface area contributed by atoms with Gasteiger partial charge < -0.3 is 14.7 Å². The lowest BCUT2D eigenvalue weighted by Gasteiger charge is -2.73. The number of aliphatic hydroxyl groups excluding tert-OH is 1. The average Bonchev–Trinajstić information content (AvgIpc) is 3.39. The summed E-state index contributed by atoms with van der Waals surface area (Å²) in [6.07, 6.45) is 12.8. The maximum absolute atomic E-state index is 13.2. The second-order valence-electron chi connectivity index (χ2n) is 17.8. The zero-order valence-electron chi connectivity index (χ0n) is 29.4. The van der Waals surface area contributed by atoms with Crippen molar-refractivity contribution in [3.05, 3.63) is 23.8 Å². The third kappa shape index (κ3) is 5.11. The van der Waals surface area contributed by atoms with E-state index in [0.717, 1.165) is 56.7 Å². The topological polar surface area (TPSA) is 66.8 Å². The predicted octanol–water partition coefficient (Wildman–Crippen LogP) is 8.07. The third-order valence-electron chi connectivity index (χ3n) is 15.7. The summed E-state index contributed by atoms with van der Waals surface area (Å²) in [5, 5.41) is 11.1. The van der Waals surface area contributed by atoms with Gasteiger partial charge in [0, 0.05) is 41.7 Å². The van der Waals surface area contributed by atoms with E-state index in [0.29, 0.717) is 41.8 Å². The first-order chi connectivity index (χ1) is 21.1. The number of carbonyl (C=O) groups is 2. The van der Waals surface area contributed by atoms with Crippen LogP contribution in [0.3, 0.4) is 0 Å². The highest BCUT2D eigenvalue weighted by molar-refractivity contribution is 7.99. The highest BCUT2D eigenvalue weighted by Crippen LogP contribution is 2.77. The van der Waals surface area contributed by atoms with Gasteiger partial charge in [0.25, 0.3) is 0 Å². The second kappa shape index (κ2) is 11.7. The van der Waals surface area contributed by atoms with E-state index in [2.05, 4.69) is 48.1 Å². The summed E-state index contributed by atoms with van der Waals surface area (Å²) in [7, 11) is 0. The van der Waals surface area contributed by atoms with Gasteiger partial charge in [-0.25, -0.2) is 4.79 Å². The number of rotatable bonds is 5. The highest BCUT2D eigenvalue weighted by Gasteiger charge is 2.71. The molecule has 0 radical (unpaired) electrons. The third-order valence-corrected chi connectivity index (χ3v) is 16.6. The fraction of sp³-hybridized carbons (Fsp3) is 0.846. The van der Waals surface area contributed by atoms with Gasteiger partial charge in [-0.05, 0) is 129 Å². The van der Waals surface area contributed by atoms with Crippen LogP contribution in [0, 0.1) is 56.7 Å². The molecule has 0 aromatic heterocycles. The Morgan fingerprint density at radius 1 is 0.889 bits per heavy atom. The van der Waals surface area contributed by atoms with E-state index >= 15 is 0 Å². The monoisotopic (exact) mass is 639 g/mol. The van der Waals surface area contributed by atoms with Crippen LogP contribution in [0.1, 0.15) is 113 Å². The van der Waals surface area contributed by atoms with Gasteiger partial charge in [0.1, 0.15) is 0 Å². The molecule has 10 atom stereocenters. The molecule has 0 aromatic rings. The maximum Gasteiger partial charge on any atom is 0.331 e. The SMILES string of the molecule is C=C(C)[C@@H]1CC[C@]2(COC(=O)/C=C(\C)C(=O)N3CCSCC3)CC[C@]3(C)[C@H](CC[C@@H]4[C@@]5(C)CC[C@H](O)C(C)(C)[C@@H]5CC[C@]43C)[C@@H]12. The first-order valence-electron chi connectivity index (χ1n) is 18.2. The first-order valence-corrected chi connectivity index (χ1v) is 19.3. The molecule has 45 heavy (non-hydrogen) atoms. The minimum Gasteiger partial charge on any atom is -0.462 e. The molecule has 0 bridgehead atoms. The van der Waals surface area contributed by atoms with E-state index in [1.807, 2.05) is 16.7 Å². The van der Waals surface area contributed by atoms with Crippen LogP contribution in [-0.4, -0.2) is 59.2 Å². The van der Waals surface area contributed by atoms with Crippen LogP contribution in [0.4, 0.5) is 0 Å². The van der Waals surface area contributed by atoms with Crippen LogP contribution in [-0.2, 0) is 14.3 Å². The molecule has 1 amide bonds. The Morgan fingerprint density at radius 2 is 1.60 bits per heavy atom. The summed E-state index contributed by atoms with van der Waals surface area (Å²) in [5.74, 6) is 4.30. The largest absolute Gasteiger partial charge is 0.462 e. The molecule has 1 N–H and O–H groups in total. The normalized spacial score (nSPS) is 45.9. The van der Waals surface area contributed by atoms with Crippen LogP contribution < -0.4 is 0 Å². The molecule has 5 saturated carbocycles. The van der Waals surface area contributed by atoms with Crippen LogP contribution in [0.5, 0.6) is 0 Å². The fourth-order valence-corrected chi connectivity index (χ4v) is 13.9. The van der Waals surface area contributed by atoms with Crippen molar-refractivity contribution < 1.29 is 19.4 Å². The number of nitrogens with zero attached hydrogens (tertiary/aromatic N) is 1. The second-order valence-corrected chi connectivity index (χ2v) is 19.0. The molecule has 0 spiro atoms. The zero-order valence-corrected chi connectivity index (χ0v) is 30.2. The van der Waals surface area contributed by atoms with Gasteiger partial charge in [-0.2, -0.15) is 11.8 Å². The van der Waals surface area contributed by atoms with Crippen molar-refractivity contribution >= 4 is 23.6 Å². The van der Waals surface area contributed by atoms with Crippen LogP contribution >= 0.6 is 11.8 Å². The Hall–Kier alpha value is -1.27. The molecule has 5 aliphatic carbocycles. The van der Waals surface area contributed by atoms with Crippen molar-refractivity contribution in [3.63, 3.8) is 0 Å². The molecule has 6 heteroatoms. The van der Waals surface area contributed by atoms with E-state index < -0.39 is 0 Å². The van der Waals surface area contributed by atoms with Crippen molar-refractivity contribution in [2.45, 2.75) is 119 Å². The standard InChI is InChI=1S/C39H61NO4S/c1-25(2)27-11-16-39(24-44-32(42)23-26(3)34(43)40-19-21-45-22-20-40)18-17-37(7)28(33(27)39)9-10-30-36(6)14-13-31(41)35(4,5)29(36)12-15-38(30,37)8/h23,27-31,33,41H,1,9-22,24H2,2-8H3/b26-23+/t27-,28+,29-,30+,31-,33+,36-,37+,38+,39+/m0/s1. The molecule has 1 heterocycles. The summed E-state index contributed by atoms with van der Waals surface area (Å²) in [6.45, 7) is 23.0. The van der Waals surface area contributed by atoms with Gasteiger partial charge in [-0.1, -0.05) is 46.8 Å². The number of fused-ring (bicyclic) bond motifs is 7. The van der Waals surface area contributed by atoms with Crippen LogP contribution in [0.2, 0.25) is 0 Å². The quantitative estimate of drug-likeness (QED) is 0.187. The number of hydrogen-bond acceptors (Lipinski definition) is 5. The van der Waals surface area contributed by atoms with E-state index in [-0.39, 0.29) is 45.1 Å². The van der Waals surface area contributed by atoms with Crippen molar-refractivity contribution in [3.8, 4) is 0 Å². The molecule has 252 valence electrons. The smallest absolute Gasteiger partial charge is 0.331 e. The molecule has 0 aromatic carbocycles.